The van der Waals surface area contributed by atoms with Crippen LogP contribution in [0.5, 0.6) is 0 Å². The third-order valence-electron chi connectivity index (χ3n) is 2.53. The van der Waals surface area contributed by atoms with Gasteiger partial charge in [-0.2, -0.15) is 9.36 Å². The van der Waals surface area contributed by atoms with Crippen LogP contribution in [0, 0.1) is 24.6 Å². The molecule has 1 aromatic heterocycles. The minimum absolute atomic E-state index is 0.264. The molecule has 1 aromatic carbocycles. The van der Waals surface area contributed by atoms with Crippen LogP contribution in [-0.4, -0.2) is 31.5 Å². The SMILES string of the molecule is Cc1cc(-n2nnn(C)c2=O)c(C#CCO)cc1F. The number of aliphatic hydroxyl groups is 1. The maximum absolute atomic E-state index is 13.5. The first-order valence-electron chi connectivity index (χ1n) is 5.44. The molecule has 1 heterocycles. The summed E-state index contributed by atoms with van der Waals surface area (Å²) in [6.07, 6.45) is 0. The van der Waals surface area contributed by atoms with Gasteiger partial charge in [-0.3, -0.25) is 0 Å². The van der Waals surface area contributed by atoms with Crippen molar-refractivity contribution in [2.45, 2.75) is 6.92 Å². The van der Waals surface area contributed by atoms with Gasteiger partial charge in [0.15, 0.2) is 0 Å². The number of aromatic nitrogens is 4. The van der Waals surface area contributed by atoms with Crippen molar-refractivity contribution in [3.63, 3.8) is 0 Å². The first kappa shape index (κ1) is 13.0. The average molecular weight is 262 g/mol. The first-order chi connectivity index (χ1) is 9.04. The number of hydrogen-bond acceptors (Lipinski definition) is 4. The molecular formula is C12H11FN4O2. The van der Waals surface area contributed by atoms with Gasteiger partial charge < -0.3 is 5.11 Å². The number of hydrogen-bond donors (Lipinski definition) is 1. The molecule has 1 N–H and O–H groups in total. The highest BCUT2D eigenvalue weighted by atomic mass is 19.1. The molecule has 0 unspecified atom stereocenters. The fourth-order valence-electron chi connectivity index (χ4n) is 1.54. The highest BCUT2D eigenvalue weighted by molar-refractivity contribution is 5.52. The quantitative estimate of drug-likeness (QED) is 0.720. The van der Waals surface area contributed by atoms with Crippen LogP contribution in [0.4, 0.5) is 4.39 Å². The third-order valence-corrected chi connectivity index (χ3v) is 2.53. The summed E-state index contributed by atoms with van der Waals surface area (Å²) in [5.74, 6) is 4.56. The lowest BCUT2D eigenvalue weighted by atomic mass is 10.1. The van der Waals surface area contributed by atoms with Gasteiger partial charge in [0.1, 0.15) is 12.4 Å². The zero-order valence-electron chi connectivity index (χ0n) is 10.4. The Morgan fingerprint density at radius 3 is 2.74 bits per heavy atom. The van der Waals surface area contributed by atoms with E-state index in [-0.39, 0.29) is 12.2 Å². The summed E-state index contributed by atoms with van der Waals surface area (Å²) in [6.45, 7) is 1.22. The zero-order valence-corrected chi connectivity index (χ0v) is 10.4. The maximum atomic E-state index is 13.5. The number of aliphatic hydroxyl groups excluding tert-OH is 1. The van der Waals surface area contributed by atoms with Gasteiger partial charge in [-0.1, -0.05) is 11.8 Å². The highest BCUT2D eigenvalue weighted by Crippen LogP contribution is 2.16. The van der Waals surface area contributed by atoms with Crippen LogP contribution in [0.2, 0.25) is 0 Å². The molecule has 6 nitrogen and oxygen atoms in total. The van der Waals surface area contributed by atoms with Crippen molar-refractivity contribution in [3.05, 3.63) is 39.6 Å². The van der Waals surface area contributed by atoms with E-state index in [0.717, 1.165) is 9.36 Å². The molecule has 0 saturated heterocycles. The Labute approximate surface area is 108 Å². The van der Waals surface area contributed by atoms with E-state index in [1.54, 1.807) is 6.92 Å². The molecule has 0 fully saturated rings. The Kier molecular flexibility index (Phi) is 3.44. The summed E-state index contributed by atoms with van der Waals surface area (Å²) in [6, 6.07) is 2.67. The molecular weight excluding hydrogens is 251 g/mol. The van der Waals surface area contributed by atoms with Crippen molar-refractivity contribution in [1.82, 2.24) is 19.8 Å². The van der Waals surface area contributed by atoms with E-state index in [1.165, 1.54) is 19.2 Å². The van der Waals surface area contributed by atoms with Gasteiger partial charge in [-0.05, 0) is 35.0 Å². The molecule has 19 heavy (non-hydrogen) atoms. The molecule has 0 spiro atoms. The number of halogens is 1. The third kappa shape index (κ3) is 2.39. The van der Waals surface area contributed by atoms with E-state index in [9.17, 15) is 9.18 Å². The van der Waals surface area contributed by atoms with Crippen LogP contribution in [0.15, 0.2) is 16.9 Å². The fourth-order valence-corrected chi connectivity index (χ4v) is 1.54. The number of benzene rings is 1. The molecule has 2 rings (SSSR count). The Morgan fingerprint density at radius 2 is 2.16 bits per heavy atom. The van der Waals surface area contributed by atoms with Crippen LogP contribution in [-0.2, 0) is 7.05 Å². The highest BCUT2D eigenvalue weighted by Gasteiger charge is 2.12. The van der Waals surface area contributed by atoms with Crippen molar-refractivity contribution in [2.75, 3.05) is 6.61 Å². The molecule has 0 amide bonds. The summed E-state index contributed by atoms with van der Waals surface area (Å²) in [4.78, 5) is 11.8. The Balaban J connectivity index is 2.71. The Bertz CT molecular complexity index is 736. The second-order valence-corrected chi connectivity index (χ2v) is 3.88. The molecule has 98 valence electrons. The van der Waals surface area contributed by atoms with E-state index in [2.05, 4.69) is 22.3 Å². The summed E-state index contributed by atoms with van der Waals surface area (Å²) < 4.78 is 15.6. The van der Waals surface area contributed by atoms with Crippen LogP contribution >= 0.6 is 0 Å². The van der Waals surface area contributed by atoms with E-state index < -0.39 is 11.5 Å². The lowest BCUT2D eigenvalue weighted by Gasteiger charge is -2.05. The summed E-state index contributed by atoms with van der Waals surface area (Å²) in [5.41, 5.74) is 0.498. The van der Waals surface area contributed by atoms with E-state index in [4.69, 9.17) is 5.11 Å². The van der Waals surface area contributed by atoms with Crippen molar-refractivity contribution in [2.24, 2.45) is 7.05 Å². The fraction of sp³-hybridized carbons (Fsp3) is 0.250. The van der Waals surface area contributed by atoms with Gasteiger partial charge in [0, 0.05) is 7.05 Å². The summed E-state index contributed by atoms with van der Waals surface area (Å²) in [5, 5.41) is 16.0. The average Bonchev–Trinajstić information content (AvgIpc) is 2.71. The van der Waals surface area contributed by atoms with E-state index >= 15 is 0 Å². The predicted octanol–water partition coefficient (Wildman–Crippen LogP) is -0.243. The number of tetrazole rings is 1. The number of nitrogens with zero attached hydrogens (tertiary/aromatic N) is 4. The van der Waals surface area contributed by atoms with Gasteiger partial charge in [0.2, 0.25) is 0 Å². The molecule has 0 aliphatic heterocycles. The van der Waals surface area contributed by atoms with E-state index in [1.807, 2.05) is 0 Å². The van der Waals surface area contributed by atoms with Gasteiger partial charge >= 0.3 is 5.69 Å². The molecule has 0 radical (unpaired) electrons. The molecule has 0 aliphatic carbocycles. The van der Waals surface area contributed by atoms with E-state index in [0.29, 0.717) is 11.3 Å². The van der Waals surface area contributed by atoms with Crippen molar-refractivity contribution in [1.29, 1.82) is 0 Å². The normalized spacial score (nSPS) is 10.1. The molecule has 2 aromatic rings. The topological polar surface area (TPSA) is 72.9 Å². The van der Waals surface area contributed by atoms with Gasteiger partial charge in [0.05, 0.1) is 11.3 Å². The maximum Gasteiger partial charge on any atom is 0.368 e. The largest absolute Gasteiger partial charge is 0.384 e. The molecule has 0 aliphatic rings. The van der Waals surface area contributed by atoms with Crippen LogP contribution < -0.4 is 5.69 Å². The molecule has 0 bridgehead atoms. The van der Waals surface area contributed by atoms with Crippen molar-refractivity contribution >= 4 is 0 Å². The van der Waals surface area contributed by atoms with Gasteiger partial charge in [-0.15, -0.1) is 0 Å². The lowest BCUT2D eigenvalue weighted by Crippen LogP contribution is -2.22. The molecule has 0 saturated carbocycles. The Morgan fingerprint density at radius 1 is 1.42 bits per heavy atom. The van der Waals surface area contributed by atoms with Gasteiger partial charge in [0.25, 0.3) is 0 Å². The Hall–Kier alpha value is -2.46. The first-order valence-corrected chi connectivity index (χ1v) is 5.44. The van der Waals surface area contributed by atoms with Crippen LogP contribution in [0.3, 0.4) is 0 Å². The van der Waals surface area contributed by atoms with Crippen LogP contribution in [0.1, 0.15) is 11.1 Å². The predicted molar refractivity (Wildman–Crippen MR) is 65.3 cm³/mol. The second kappa shape index (κ2) is 5.04. The monoisotopic (exact) mass is 262 g/mol. The van der Waals surface area contributed by atoms with Gasteiger partial charge in [-0.25, -0.2) is 9.18 Å². The van der Waals surface area contributed by atoms with Crippen molar-refractivity contribution in [3.8, 4) is 17.5 Å². The number of rotatable bonds is 1. The summed E-state index contributed by atoms with van der Waals surface area (Å²) in [7, 11) is 1.46. The molecule has 0 atom stereocenters. The summed E-state index contributed by atoms with van der Waals surface area (Å²) >= 11 is 0. The minimum Gasteiger partial charge on any atom is -0.384 e. The van der Waals surface area contributed by atoms with Crippen molar-refractivity contribution < 1.29 is 9.50 Å². The standard InChI is InChI=1S/C12H11FN4O2/c1-8-6-11(17-12(19)16(2)14-15-17)9(4-3-5-18)7-10(8)13/h6-7,18H,5H2,1-2H3. The van der Waals surface area contributed by atoms with Crippen LogP contribution in [0.25, 0.3) is 5.69 Å². The number of aryl methyl sites for hydroxylation is 2. The lowest BCUT2D eigenvalue weighted by molar-refractivity contribution is 0.350. The smallest absolute Gasteiger partial charge is 0.368 e. The zero-order chi connectivity index (χ0) is 14.0. The second-order valence-electron chi connectivity index (χ2n) is 3.88. The molecule has 7 heteroatoms. The minimum atomic E-state index is -0.460.